The van der Waals surface area contributed by atoms with Gasteiger partial charge in [-0.2, -0.15) is 16.8 Å². The molecule has 0 unspecified atom stereocenters. The van der Waals surface area contributed by atoms with Gasteiger partial charge in [-0.25, -0.2) is 4.79 Å². The predicted octanol–water partition coefficient (Wildman–Crippen LogP) is 0.250. The molecule has 0 aliphatic rings. The summed E-state index contributed by atoms with van der Waals surface area (Å²) in [6.45, 7) is 0. The number of carbonyl (C=O) groups excluding carboxylic acids is 1. The maximum absolute atomic E-state index is 10.5. The molecule has 0 bridgehead atoms. The average molecular weight is 272 g/mol. The van der Waals surface area contributed by atoms with Gasteiger partial charge in [0.1, 0.15) is 0 Å². The summed E-state index contributed by atoms with van der Waals surface area (Å²) in [5, 5.41) is 0. The van der Waals surface area contributed by atoms with Crippen LogP contribution in [0, 0.1) is 0 Å². The van der Waals surface area contributed by atoms with Crippen molar-refractivity contribution in [3.8, 4) is 0 Å². The fraction of sp³-hybridized carbons (Fsp3) is 0. The van der Waals surface area contributed by atoms with Crippen molar-refractivity contribution >= 4 is 26.8 Å². The standard InChI is InChI=1S/CN6O7S2/c2-4-6-15(9,10)13-1(8)14-16(11,12)7-5-3. The molecule has 0 rings (SSSR count). The minimum atomic E-state index is -4.98. The first-order chi connectivity index (χ1) is 7.22. The minimum absolute atomic E-state index is 1.77. The van der Waals surface area contributed by atoms with Gasteiger partial charge in [-0.3, -0.25) is 0 Å². The number of rotatable bonds is 4. The molecule has 0 saturated carbocycles. The molecule has 0 saturated heterocycles. The molecule has 0 atom stereocenters. The van der Waals surface area contributed by atoms with Crippen LogP contribution in [0.5, 0.6) is 0 Å². The quantitative estimate of drug-likeness (QED) is 0.395. The zero-order valence-electron chi connectivity index (χ0n) is 6.86. The fourth-order valence-electron chi connectivity index (χ4n) is 0.309. The third-order valence-corrected chi connectivity index (χ3v) is 1.86. The first-order valence-electron chi connectivity index (χ1n) is 2.78. The van der Waals surface area contributed by atoms with Gasteiger partial charge in [0.2, 0.25) is 0 Å². The van der Waals surface area contributed by atoms with Crippen molar-refractivity contribution in [1.82, 2.24) is 0 Å². The molecule has 88 valence electrons. The number of hydrogen-bond acceptors (Lipinski definition) is 7. The molecule has 13 nitrogen and oxygen atoms in total. The van der Waals surface area contributed by atoms with Gasteiger partial charge in [0.15, 0.2) is 0 Å². The van der Waals surface area contributed by atoms with Crippen molar-refractivity contribution < 1.29 is 30.0 Å². The Balaban J connectivity index is 4.78. The Morgan fingerprint density at radius 3 is 1.50 bits per heavy atom. The summed E-state index contributed by atoms with van der Waals surface area (Å²) in [5.41, 5.74) is 15.4. The molecule has 15 heteroatoms. The third kappa shape index (κ3) is 5.51. The van der Waals surface area contributed by atoms with Gasteiger partial charge in [-0.05, 0) is 11.1 Å². The van der Waals surface area contributed by atoms with Crippen LogP contribution >= 0.6 is 0 Å². The van der Waals surface area contributed by atoms with Gasteiger partial charge in [0.25, 0.3) is 0 Å². The van der Waals surface area contributed by atoms with Gasteiger partial charge in [-0.15, -0.1) is 0 Å². The molecule has 0 aliphatic heterocycles. The van der Waals surface area contributed by atoms with Gasteiger partial charge in [-0.1, -0.05) is 0 Å². The second-order valence-electron chi connectivity index (χ2n) is 1.61. The summed E-state index contributed by atoms with van der Waals surface area (Å²) in [4.78, 5) is 14.0. The van der Waals surface area contributed by atoms with Gasteiger partial charge >= 0.3 is 26.8 Å². The zero-order valence-corrected chi connectivity index (χ0v) is 8.49. The van der Waals surface area contributed by atoms with Crippen molar-refractivity contribution in [1.29, 1.82) is 0 Å². The molecule has 0 N–H and O–H groups in total. The summed E-state index contributed by atoms with van der Waals surface area (Å²) in [6, 6.07) is 0. The first kappa shape index (κ1) is 13.8. The van der Waals surface area contributed by atoms with E-state index in [4.69, 9.17) is 11.1 Å². The summed E-state index contributed by atoms with van der Waals surface area (Å²) >= 11 is 0. The molecule has 0 fully saturated rings. The Morgan fingerprint density at radius 2 is 1.25 bits per heavy atom. The van der Waals surface area contributed by atoms with Crippen molar-refractivity contribution in [3.63, 3.8) is 0 Å². The van der Waals surface area contributed by atoms with E-state index in [1.165, 1.54) is 0 Å². The second kappa shape index (κ2) is 5.04. The van der Waals surface area contributed by atoms with Crippen LogP contribution in [0.2, 0.25) is 0 Å². The third-order valence-electron chi connectivity index (χ3n) is 0.620. The highest BCUT2D eigenvalue weighted by Crippen LogP contribution is 2.03. The van der Waals surface area contributed by atoms with Gasteiger partial charge in [0.05, 0.1) is 9.04 Å². The maximum atomic E-state index is 10.5. The van der Waals surface area contributed by atoms with Crippen molar-refractivity contribution in [2.45, 2.75) is 0 Å². The molecule has 0 radical (unpaired) electrons. The molecule has 0 aromatic heterocycles. The van der Waals surface area contributed by atoms with E-state index in [9.17, 15) is 21.6 Å². The van der Waals surface area contributed by atoms with Crippen LogP contribution in [0.15, 0.2) is 9.04 Å². The maximum Gasteiger partial charge on any atom is 0.540 e. The van der Waals surface area contributed by atoms with Crippen LogP contribution < -0.4 is 0 Å². The van der Waals surface area contributed by atoms with E-state index >= 15 is 0 Å². The van der Waals surface area contributed by atoms with E-state index in [1.807, 2.05) is 9.04 Å². The SMILES string of the molecule is [N-]=[N+]=NS(=O)(=O)OC(=O)OS(=O)(=O)N=[N+]=[N-]. The predicted molar refractivity (Wildman–Crippen MR) is 43.7 cm³/mol. The second-order valence-corrected chi connectivity index (χ2v) is 3.99. The van der Waals surface area contributed by atoms with Gasteiger partial charge in [0, 0.05) is 9.82 Å². The molecule has 16 heavy (non-hydrogen) atoms. The van der Waals surface area contributed by atoms with Crippen molar-refractivity contribution in [2.75, 3.05) is 0 Å². The van der Waals surface area contributed by atoms with Crippen molar-refractivity contribution in [3.05, 3.63) is 20.9 Å². The average Bonchev–Trinajstić information content (AvgIpc) is 1.99. The van der Waals surface area contributed by atoms with Crippen LogP contribution in [0.4, 0.5) is 4.79 Å². The number of hydrogen-bond donors (Lipinski definition) is 0. The first-order valence-corrected chi connectivity index (χ1v) is 5.51. The molecule has 0 aromatic rings. The largest absolute Gasteiger partial charge is 0.540 e. The lowest BCUT2D eigenvalue weighted by Crippen LogP contribution is -2.15. The monoisotopic (exact) mass is 272 g/mol. The smallest absolute Gasteiger partial charge is 0.305 e. The van der Waals surface area contributed by atoms with Crippen LogP contribution in [0.1, 0.15) is 0 Å². The molecule has 0 heterocycles. The molecule has 0 aromatic carbocycles. The van der Waals surface area contributed by atoms with Crippen molar-refractivity contribution in [2.24, 2.45) is 9.04 Å². The van der Waals surface area contributed by atoms with Crippen LogP contribution in [0.25, 0.3) is 20.9 Å². The van der Waals surface area contributed by atoms with E-state index < -0.39 is 26.8 Å². The fourth-order valence-corrected chi connectivity index (χ4v) is 1.01. The highest BCUT2D eigenvalue weighted by molar-refractivity contribution is 7.86. The lowest BCUT2D eigenvalue weighted by molar-refractivity contribution is 0.157. The molecular weight excluding hydrogens is 272 g/mol. The Morgan fingerprint density at radius 1 is 0.938 bits per heavy atom. The Hall–Kier alpha value is -2.21. The molecule has 0 spiro atoms. The normalized spacial score (nSPS) is 10.5. The topological polar surface area (TPSA) is 201 Å². The summed E-state index contributed by atoms with van der Waals surface area (Å²) < 4.78 is 52.4. The Bertz CT molecular complexity index is 520. The lowest BCUT2D eigenvalue weighted by atomic mass is 11.5. The van der Waals surface area contributed by atoms with E-state index in [-0.39, 0.29) is 0 Å². The summed E-state index contributed by atoms with van der Waals surface area (Å²) in [6.07, 6.45) is -2.26. The number of carbonyl (C=O) groups is 1. The molecule has 0 aliphatic carbocycles. The zero-order chi connectivity index (χ0) is 12.8. The highest BCUT2D eigenvalue weighted by Gasteiger charge is 2.22. The van der Waals surface area contributed by atoms with Crippen LogP contribution in [0.3, 0.4) is 0 Å². The number of azide groups is 2. The molecular formula is CN6O7S2. The van der Waals surface area contributed by atoms with E-state index in [0.717, 1.165) is 0 Å². The number of nitrogens with zero attached hydrogens (tertiary/aromatic N) is 6. The van der Waals surface area contributed by atoms with Crippen LogP contribution in [-0.2, 0) is 29.0 Å². The Kier molecular flexibility index (Phi) is 4.34. The van der Waals surface area contributed by atoms with Gasteiger partial charge < -0.3 is 8.37 Å². The summed E-state index contributed by atoms with van der Waals surface area (Å²) in [5.74, 6) is 0. The summed E-state index contributed by atoms with van der Waals surface area (Å²) in [7, 11) is -9.97. The van der Waals surface area contributed by atoms with E-state index in [2.05, 4.69) is 8.37 Å². The van der Waals surface area contributed by atoms with E-state index in [1.54, 1.807) is 9.82 Å². The highest BCUT2D eigenvalue weighted by atomic mass is 32.2. The van der Waals surface area contributed by atoms with E-state index in [0.29, 0.717) is 0 Å². The minimum Gasteiger partial charge on any atom is -0.305 e. The van der Waals surface area contributed by atoms with Crippen LogP contribution in [-0.4, -0.2) is 23.0 Å². The Labute approximate surface area is 87.3 Å². The lowest BCUT2D eigenvalue weighted by Gasteiger charge is -1.98. The molecule has 0 amide bonds.